The summed E-state index contributed by atoms with van der Waals surface area (Å²) < 4.78 is 11.2. The van der Waals surface area contributed by atoms with Crippen LogP contribution in [0.4, 0.5) is 0 Å². The second-order valence-electron chi connectivity index (χ2n) is 3.73. The van der Waals surface area contributed by atoms with Crippen molar-refractivity contribution in [1.82, 2.24) is 0 Å². The van der Waals surface area contributed by atoms with Crippen LogP contribution in [-0.2, 0) is 9.47 Å². The molecule has 3 heteroatoms. The molecule has 0 radical (unpaired) electrons. The highest BCUT2D eigenvalue weighted by Gasteiger charge is 2.12. The van der Waals surface area contributed by atoms with Gasteiger partial charge in [0.1, 0.15) is 0 Å². The van der Waals surface area contributed by atoms with Crippen molar-refractivity contribution < 1.29 is 9.47 Å². The fraction of sp³-hybridized carbons (Fsp3) is 1.00. The third-order valence-corrected chi connectivity index (χ3v) is 1.49. The lowest BCUT2D eigenvalue weighted by Gasteiger charge is -2.22. The van der Waals surface area contributed by atoms with Crippen molar-refractivity contribution in [2.75, 3.05) is 6.54 Å². The van der Waals surface area contributed by atoms with E-state index in [0.717, 1.165) is 12.8 Å². The molecule has 2 N–H and O–H groups in total. The first-order valence-electron chi connectivity index (χ1n) is 5.07. The maximum absolute atomic E-state index is 5.59. The van der Waals surface area contributed by atoms with Gasteiger partial charge in [-0.2, -0.15) is 0 Å². The van der Waals surface area contributed by atoms with Crippen molar-refractivity contribution in [2.24, 2.45) is 5.73 Å². The Labute approximate surface area is 81.6 Å². The predicted molar refractivity (Wildman–Crippen MR) is 54.5 cm³/mol. The van der Waals surface area contributed by atoms with E-state index in [2.05, 4.69) is 0 Å². The van der Waals surface area contributed by atoms with Crippen LogP contribution in [0.15, 0.2) is 0 Å². The Morgan fingerprint density at radius 2 is 1.46 bits per heavy atom. The van der Waals surface area contributed by atoms with Crippen molar-refractivity contribution in [1.29, 1.82) is 0 Å². The van der Waals surface area contributed by atoms with Gasteiger partial charge in [-0.05, 0) is 47.1 Å². The molecule has 0 unspecified atom stereocenters. The smallest absolute Gasteiger partial charge is 0.158 e. The van der Waals surface area contributed by atoms with Gasteiger partial charge in [0.25, 0.3) is 0 Å². The fourth-order valence-electron chi connectivity index (χ4n) is 1.06. The van der Waals surface area contributed by atoms with E-state index in [-0.39, 0.29) is 18.5 Å². The van der Waals surface area contributed by atoms with Gasteiger partial charge in [0.05, 0.1) is 12.2 Å². The second-order valence-corrected chi connectivity index (χ2v) is 3.73. The zero-order chi connectivity index (χ0) is 10.3. The lowest BCUT2D eigenvalue weighted by atomic mass is 10.3. The van der Waals surface area contributed by atoms with Gasteiger partial charge in [0.2, 0.25) is 0 Å². The molecule has 0 rings (SSSR count). The first-order chi connectivity index (χ1) is 6.06. The standard InChI is InChI=1S/C10H23NO2/c1-8(2)12-10(6-5-7-11)13-9(3)4/h8-10H,5-7,11H2,1-4H3. The van der Waals surface area contributed by atoms with E-state index >= 15 is 0 Å². The molecule has 0 aliphatic heterocycles. The Kier molecular flexibility index (Phi) is 7.23. The van der Waals surface area contributed by atoms with Crippen molar-refractivity contribution in [2.45, 2.75) is 59.0 Å². The van der Waals surface area contributed by atoms with Gasteiger partial charge >= 0.3 is 0 Å². The molecule has 0 fully saturated rings. The minimum atomic E-state index is -0.0939. The first-order valence-corrected chi connectivity index (χ1v) is 5.07. The molecule has 0 heterocycles. The summed E-state index contributed by atoms with van der Waals surface area (Å²) in [6.07, 6.45) is 2.16. The predicted octanol–water partition coefficient (Wildman–Crippen LogP) is 1.90. The van der Waals surface area contributed by atoms with Gasteiger partial charge in [-0.25, -0.2) is 0 Å². The fourth-order valence-corrected chi connectivity index (χ4v) is 1.06. The van der Waals surface area contributed by atoms with Crippen LogP contribution in [0.3, 0.4) is 0 Å². The van der Waals surface area contributed by atoms with E-state index in [1.165, 1.54) is 0 Å². The van der Waals surface area contributed by atoms with Gasteiger partial charge in [-0.1, -0.05) is 0 Å². The quantitative estimate of drug-likeness (QED) is 0.622. The van der Waals surface area contributed by atoms with Gasteiger partial charge in [0.15, 0.2) is 6.29 Å². The third-order valence-electron chi connectivity index (χ3n) is 1.49. The number of rotatable bonds is 7. The molecule has 0 aromatic carbocycles. The molecule has 0 saturated heterocycles. The Bertz CT molecular complexity index is 105. The van der Waals surface area contributed by atoms with E-state index < -0.39 is 0 Å². The lowest BCUT2D eigenvalue weighted by molar-refractivity contribution is -0.183. The van der Waals surface area contributed by atoms with Crippen LogP contribution in [0.2, 0.25) is 0 Å². The van der Waals surface area contributed by atoms with Crippen LogP contribution in [0, 0.1) is 0 Å². The molecule has 0 amide bonds. The Morgan fingerprint density at radius 3 is 1.77 bits per heavy atom. The second kappa shape index (κ2) is 7.30. The molecular weight excluding hydrogens is 166 g/mol. The highest BCUT2D eigenvalue weighted by molar-refractivity contribution is 4.51. The van der Waals surface area contributed by atoms with Gasteiger partial charge in [-0.15, -0.1) is 0 Å². The van der Waals surface area contributed by atoms with E-state index in [1.807, 2.05) is 27.7 Å². The highest BCUT2D eigenvalue weighted by atomic mass is 16.7. The average Bonchev–Trinajstić information content (AvgIpc) is 1.98. The van der Waals surface area contributed by atoms with Crippen LogP contribution in [-0.4, -0.2) is 25.0 Å². The van der Waals surface area contributed by atoms with Gasteiger partial charge < -0.3 is 15.2 Å². The van der Waals surface area contributed by atoms with Crippen LogP contribution >= 0.6 is 0 Å². The van der Waals surface area contributed by atoms with Gasteiger partial charge in [-0.3, -0.25) is 0 Å². The summed E-state index contributed by atoms with van der Waals surface area (Å²) >= 11 is 0. The molecule has 0 aromatic rings. The molecule has 0 bridgehead atoms. The molecule has 0 spiro atoms. The Hall–Kier alpha value is -0.120. The van der Waals surface area contributed by atoms with E-state index in [1.54, 1.807) is 0 Å². The zero-order valence-corrected chi connectivity index (χ0v) is 9.25. The molecule has 80 valence electrons. The topological polar surface area (TPSA) is 44.5 Å². The van der Waals surface area contributed by atoms with E-state index in [0.29, 0.717) is 6.54 Å². The highest BCUT2D eigenvalue weighted by Crippen LogP contribution is 2.09. The summed E-state index contributed by atoms with van der Waals surface area (Å²) in [7, 11) is 0. The number of ether oxygens (including phenoxy) is 2. The Morgan fingerprint density at radius 1 is 1.00 bits per heavy atom. The molecule has 0 aliphatic carbocycles. The molecule has 0 atom stereocenters. The average molecular weight is 189 g/mol. The number of hydrogen-bond donors (Lipinski definition) is 1. The van der Waals surface area contributed by atoms with Crippen LogP contribution < -0.4 is 5.73 Å². The molecule has 0 saturated carbocycles. The molecular formula is C10H23NO2. The van der Waals surface area contributed by atoms with Crippen molar-refractivity contribution >= 4 is 0 Å². The summed E-state index contributed by atoms with van der Waals surface area (Å²) in [5.74, 6) is 0. The molecule has 3 nitrogen and oxygen atoms in total. The summed E-state index contributed by atoms with van der Waals surface area (Å²) in [5, 5.41) is 0. The normalized spacial score (nSPS) is 12.0. The van der Waals surface area contributed by atoms with Crippen LogP contribution in [0.1, 0.15) is 40.5 Å². The van der Waals surface area contributed by atoms with Crippen molar-refractivity contribution in [3.63, 3.8) is 0 Å². The van der Waals surface area contributed by atoms with Gasteiger partial charge in [0, 0.05) is 0 Å². The maximum atomic E-state index is 5.59. The SMILES string of the molecule is CC(C)OC(CCCN)OC(C)C. The maximum Gasteiger partial charge on any atom is 0.158 e. The van der Waals surface area contributed by atoms with E-state index in [4.69, 9.17) is 15.2 Å². The minimum Gasteiger partial charge on any atom is -0.350 e. The lowest BCUT2D eigenvalue weighted by Crippen LogP contribution is -2.25. The van der Waals surface area contributed by atoms with E-state index in [9.17, 15) is 0 Å². The molecule has 0 aliphatic rings. The van der Waals surface area contributed by atoms with Crippen LogP contribution in [0.25, 0.3) is 0 Å². The number of hydrogen-bond acceptors (Lipinski definition) is 3. The summed E-state index contributed by atoms with van der Waals surface area (Å²) in [6, 6.07) is 0. The zero-order valence-electron chi connectivity index (χ0n) is 9.25. The minimum absolute atomic E-state index is 0.0939. The summed E-state index contributed by atoms with van der Waals surface area (Å²) in [5.41, 5.74) is 5.43. The van der Waals surface area contributed by atoms with Crippen molar-refractivity contribution in [3.8, 4) is 0 Å². The third kappa shape index (κ3) is 8.22. The summed E-state index contributed by atoms with van der Waals surface area (Å²) in [4.78, 5) is 0. The van der Waals surface area contributed by atoms with Crippen LogP contribution in [0.5, 0.6) is 0 Å². The van der Waals surface area contributed by atoms with Crippen molar-refractivity contribution in [3.05, 3.63) is 0 Å². The summed E-state index contributed by atoms with van der Waals surface area (Å²) in [6.45, 7) is 8.75. The molecule has 0 aromatic heterocycles. The molecule has 13 heavy (non-hydrogen) atoms. The monoisotopic (exact) mass is 189 g/mol. The number of nitrogens with two attached hydrogens (primary N) is 1. The first kappa shape index (κ1) is 12.9. The Balaban J connectivity index is 3.73. The largest absolute Gasteiger partial charge is 0.350 e.